The first kappa shape index (κ1) is 25.0. The van der Waals surface area contributed by atoms with Crippen LogP contribution in [0, 0.1) is 0 Å². The number of piperidine rings is 2. The van der Waals surface area contributed by atoms with E-state index in [1.165, 1.54) is 25.0 Å². The molecule has 2 aliphatic rings. The van der Waals surface area contributed by atoms with Crippen LogP contribution in [-0.2, 0) is 10.1 Å². The fourth-order valence-corrected chi connectivity index (χ4v) is 5.56. The summed E-state index contributed by atoms with van der Waals surface area (Å²) in [6, 6.07) is 16.9. The number of benzene rings is 2. The Labute approximate surface area is 218 Å². The van der Waals surface area contributed by atoms with Gasteiger partial charge in [-0.2, -0.15) is 23.5 Å². The smallest absolute Gasteiger partial charge is 0.339 e. The highest BCUT2D eigenvalue weighted by Crippen LogP contribution is 2.26. The van der Waals surface area contributed by atoms with Gasteiger partial charge in [-0.05, 0) is 62.8 Å². The third-order valence-electron chi connectivity index (χ3n) is 6.55. The molecule has 0 spiro atoms. The molecule has 0 radical (unpaired) electrons. The Kier molecular flexibility index (Phi) is 7.84. The van der Waals surface area contributed by atoms with E-state index in [2.05, 4.69) is 20.3 Å². The quantitative estimate of drug-likeness (QED) is 0.260. The summed E-state index contributed by atoms with van der Waals surface area (Å²) >= 11 is 0. The lowest BCUT2D eigenvalue weighted by atomic mass is 10.1. The van der Waals surface area contributed by atoms with Crippen molar-refractivity contribution in [1.82, 2.24) is 9.97 Å². The molecular formula is C27H32N6O3S. The zero-order valence-corrected chi connectivity index (χ0v) is 21.6. The largest absolute Gasteiger partial charge is 0.378 e. The third kappa shape index (κ3) is 6.37. The monoisotopic (exact) mass is 520 g/mol. The van der Waals surface area contributed by atoms with Gasteiger partial charge in [-0.1, -0.05) is 30.3 Å². The van der Waals surface area contributed by atoms with Crippen LogP contribution in [0.5, 0.6) is 5.75 Å². The van der Waals surface area contributed by atoms with Crippen molar-refractivity contribution in [2.45, 2.75) is 43.4 Å². The number of aromatic nitrogens is 2. The second-order valence-corrected chi connectivity index (χ2v) is 10.8. The predicted octanol–water partition coefficient (Wildman–Crippen LogP) is 4.67. The number of hydrazone groups is 1. The first-order valence-corrected chi connectivity index (χ1v) is 14.3. The van der Waals surface area contributed by atoms with E-state index in [1.54, 1.807) is 48.7 Å². The molecule has 0 bridgehead atoms. The Morgan fingerprint density at radius 2 is 1.46 bits per heavy atom. The van der Waals surface area contributed by atoms with Crippen molar-refractivity contribution in [2.75, 3.05) is 41.4 Å². The summed E-state index contributed by atoms with van der Waals surface area (Å²) < 4.78 is 30.9. The van der Waals surface area contributed by atoms with E-state index < -0.39 is 10.1 Å². The van der Waals surface area contributed by atoms with Crippen LogP contribution in [0.15, 0.2) is 70.7 Å². The lowest BCUT2D eigenvalue weighted by Gasteiger charge is -2.31. The molecule has 0 saturated carbocycles. The molecule has 194 valence electrons. The van der Waals surface area contributed by atoms with Gasteiger partial charge < -0.3 is 14.0 Å². The highest BCUT2D eigenvalue weighted by Gasteiger charge is 2.20. The second kappa shape index (κ2) is 11.6. The molecule has 1 N–H and O–H groups in total. The van der Waals surface area contributed by atoms with Gasteiger partial charge in [-0.25, -0.2) is 0 Å². The zero-order chi connectivity index (χ0) is 25.5. The van der Waals surface area contributed by atoms with Crippen LogP contribution >= 0.6 is 0 Å². The van der Waals surface area contributed by atoms with Crippen LogP contribution in [0.3, 0.4) is 0 Å². The van der Waals surface area contributed by atoms with Crippen molar-refractivity contribution >= 4 is 33.9 Å². The van der Waals surface area contributed by atoms with Crippen LogP contribution < -0.4 is 19.4 Å². The van der Waals surface area contributed by atoms with Crippen molar-refractivity contribution in [1.29, 1.82) is 0 Å². The standard InChI is InChI=1S/C27H32N6O3S/c34-37(35,23-13-4-1-5-14-23)36-24-15-7-6-12-22(24)21-28-31-25-20-26(32-16-8-2-9-17-32)30-27(29-25)33-18-10-3-11-19-33/h1,4-7,12-15,20-21H,2-3,8-11,16-19H2,(H,29,30,31)/b28-21-. The number of rotatable bonds is 8. The molecule has 0 unspecified atom stereocenters. The summed E-state index contributed by atoms with van der Waals surface area (Å²) in [6.45, 7) is 3.87. The lowest BCUT2D eigenvalue weighted by Crippen LogP contribution is -2.33. The summed E-state index contributed by atoms with van der Waals surface area (Å²) in [6.07, 6.45) is 8.62. The van der Waals surface area contributed by atoms with Crippen molar-refractivity contribution in [3.8, 4) is 5.75 Å². The molecule has 2 aliphatic heterocycles. The van der Waals surface area contributed by atoms with Crippen LogP contribution in [-0.4, -0.2) is 50.8 Å². The van der Waals surface area contributed by atoms with Crippen molar-refractivity contribution in [3.05, 3.63) is 66.2 Å². The Hall–Kier alpha value is -3.66. The van der Waals surface area contributed by atoms with Crippen molar-refractivity contribution in [3.63, 3.8) is 0 Å². The molecule has 9 nitrogen and oxygen atoms in total. The van der Waals surface area contributed by atoms with Crippen LogP contribution in [0.2, 0.25) is 0 Å². The lowest BCUT2D eigenvalue weighted by molar-refractivity contribution is 0.485. The van der Waals surface area contributed by atoms with Gasteiger partial charge in [0.2, 0.25) is 5.95 Å². The summed E-state index contributed by atoms with van der Waals surface area (Å²) in [7, 11) is -3.96. The van der Waals surface area contributed by atoms with E-state index in [0.29, 0.717) is 11.4 Å². The highest BCUT2D eigenvalue weighted by atomic mass is 32.2. The molecule has 10 heteroatoms. The Balaban J connectivity index is 1.36. The van der Waals surface area contributed by atoms with E-state index in [0.717, 1.165) is 63.6 Å². The molecular weight excluding hydrogens is 488 g/mol. The first-order chi connectivity index (χ1) is 18.1. The van der Waals surface area contributed by atoms with E-state index in [9.17, 15) is 8.42 Å². The molecule has 0 aliphatic carbocycles. The molecule has 2 fully saturated rings. The minimum Gasteiger partial charge on any atom is -0.378 e. The topological polar surface area (TPSA) is 100 Å². The molecule has 3 heterocycles. The first-order valence-electron chi connectivity index (χ1n) is 12.9. The SMILES string of the molecule is O=S(=O)(Oc1ccccc1/C=N\Nc1cc(N2CCCCC2)nc(N2CCCCC2)n1)c1ccccc1. The molecule has 2 aromatic carbocycles. The average molecular weight is 521 g/mol. The van der Waals surface area contributed by atoms with Gasteiger partial charge in [0.05, 0.1) is 6.21 Å². The summed E-state index contributed by atoms with van der Waals surface area (Å²) in [5.74, 6) is 2.43. The normalized spacial score (nSPS) is 16.6. The Morgan fingerprint density at radius 3 is 2.19 bits per heavy atom. The fraction of sp³-hybridized carbons (Fsp3) is 0.370. The zero-order valence-electron chi connectivity index (χ0n) is 20.8. The number of para-hydroxylation sites is 1. The highest BCUT2D eigenvalue weighted by molar-refractivity contribution is 7.87. The van der Waals surface area contributed by atoms with E-state index in [1.807, 2.05) is 6.07 Å². The maximum atomic E-state index is 12.7. The van der Waals surface area contributed by atoms with Gasteiger partial charge >= 0.3 is 10.1 Å². The molecule has 1 aromatic heterocycles. The maximum absolute atomic E-state index is 12.7. The number of hydrogen-bond donors (Lipinski definition) is 1. The van der Waals surface area contributed by atoms with E-state index in [4.69, 9.17) is 14.2 Å². The van der Waals surface area contributed by atoms with E-state index >= 15 is 0 Å². The van der Waals surface area contributed by atoms with Crippen molar-refractivity contribution in [2.24, 2.45) is 5.10 Å². The Morgan fingerprint density at radius 1 is 0.811 bits per heavy atom. The van der Waals surface area contributed by atoms with Gasteiger partial charge in [0.25, 0.3) is 0 Å². The van der Waals surface area contributed by atoms with Gasteiger partial charge in [-0.3, -0.25) is 5.43 Å². The van der Waals surface area contributed by atoms with Gasteiger partial charge in [0, 0.05) is 37.8 Å². The number of nitrogens with zero attached hydrogens (tertiary/aromatic N) is 5. The molecule has 5 rings (SSSR count). The average Bonchev–Trinajstić information content (AvgIpc) is 2.95. The van der Waals surface area contributed by atoms with Crippen LogP contribution in [0.4, 0.5) is 17.6 Å². The summed E-state index contributed by atoms with van der Waals surface area (Å²) in [5, 5.41) is 4.37. The second-order valence-electron chi connectivity index (χ2n) is 9.27. The minimum absolute atomic E-state index is 0.0938. The van der Waals surface area contributed by atoms with Gasteiger partial charge in [0.1, 0.15) is 10.7 Å². The summed E-state index contributed by atoms with van der Waals surface area (Å²) in [5.41, 5.74) is 3.56. The number of anilines is 3. The predicted molar refractivity (Wildman–Crippen MR) is 146 cm³/mol. The van der Waals surface area contributed by atoms with Crippen molar-refractivity contribution < 1.29 is 12.6 Å². The minimum atomic E-state index is -3.96. The molecule has 3 aromatic rings. The summed E-state index contributed by atoms with van der Waals surface area (Å²) in [4.78, 5) is 14.3. The molecule has 0 atom stereocenters. The fourth-order valence-electron chi connectivity index (χ4n) is 4.58. The van der Waals surface area contributed by atoms with Crippen LogP contribution in [0.1, 0.15) is 44.1 Å². The van der Waals surface area contributed by atoms with Gasteiger partial charge in [-0.15, -0.1) is 0 Å². The molecule has 37 heavy (non-hydrogen) atoms. The van der Waals surface area contributed by atoms with Crippen LogP contribution in [0.25, 0.3) is 0 Å². The molecule has 0 amide bonds. The van der Waals surface area contributed by atoms with E-state index in [-0.39, 0.29) is 10.6 Å². The number of hydrogen-bond acceptors (Lipinski definition) is 9. The third-order valence-corrected chi connectivity index (χ3v) is 7.80. The number of nitrogens with one attached hydrogen (secondary N) is 1. The Bertz CT molecular complexity index is 1280. The van der Waals surface area contributed by atoms with Gasteiger partial charge in [0.15, 0.2) is 11.6 Å². The molecule has 2 saturated heterocycles. The maximum Gasteiger partial charge on any atom is 0.339 e.